The van der Waals surface area contributed by atoms with Crippen LogP contribution in [0.4, 0.5) is 4.79 Å². The lowest BCUT2D eigenvalue weighted by molar-refractivity contribution is -0.126. The highest BCUT2D eigenvalue weighted by Gasteiger charge is 2.26. The Morgan fingerprint density at radius 3 is 2.53 bits per heavy atom. The van der Waals surface area contributed by atoms with Gasteiger partial charge in [0.15, 0.2) is 0 Å². The Kier molecular flexibility index (Phi) is 5.34. The standard InChI is InChI=1S/C12H18N2O3/c1-2-7-14-11(15)10-5-3-9(4-6-10)8-17-12(13)16/h1,9-10H,3-8H2,(H2,13,16)(H,14,15). The van der Waals surface area contributed by atoms with E-state index in [2.05, 4.69) is 11.2 Å². The zero-order valence-electron chi connectivity index (χ0n) is 9.78. The smallest absolute Gasteiger partial charge is 0.404 e. The molecule has 0 bridgehead atoms. The molecule has 0 unspecified atom stereocenters. The van der Waals surface area contributed by atoms with Gasteiger partial charge in [-0.25, -0.2) is 4.79 Å². The molecule has 0 aliphatic heterocycles. The highest BCUT2D eigenvalue weighted by molar-refractivity contribution is 5.78. The summed E-state index contributed by atoms with van der Waals surface area (Å²) in [6.07, 6.45) is 7.70. The second-order valence-corrected chi connectivity index (χ2v) is 4.27. The summed E-state index contributed by atoms with van der Waals surface area (Å²) < 4.78 is 4.75. The molecule has 1 aliphatic rings. The van der Waals surface area contributed by atoms with E-state index in [0.29, 0.717) is 12.5 Å². The summed E-state index contributed by atoms with van der Waals surface area (Å²) in [6.45, 7) is 0.636. The number of amides is 2. The van der Waals surface area contributed by atoms with Crippen molar-refractivity contribution in [3.63, 3.8) is 0 Å². The number of ether oxygens (including phenoxy) is 1. The van der Waals surface area contributed by atoms with Crippen LogP contribution in [-0.4, -0.2) is 25.2 Å². The average molecular weight is 238 g/mol. The van der Waals surface area contributed by atoms with Crippen LogP contribution in [0.15, 0.2) is 0 Å². The zero-order valence-corrected chi connectivity index (χ0v) is 9.78. The summed E-state index contributed by atoms with van der Waals surface area (Å²) in [7, 11) is 0. The Hall–Kier alpha value is -1.70. The summed E-state index contributed by atoms with van der Waals surface area (Å²) in [5.41, 5.74) is 4.90. The van der Waals surface area contributed by atoms with Crippen molar-refractivity contribution in [2.45, 2.75) is 25.7 Å². The number of carbonyl (C=O) groups is 2. The van der Waals surface area contributed by atoms with Crippen LogP contribution >= 0.6 is 0 Å². The van der Waals surface area contributed by atoms with Crippen molar-refractivity contribution in [1.82, 2.24) is 5.32 Å². The number of hydrogen-bond acceptors (Lipinski definition) is 3. The van der Waals surface area contributed by atoms with Crippen LogP contribution in [0.2, 0.25) is 0 Å². The van der Waals surface area contributed by atoms with Crippen molar-refractivity contribution in [3.05, 3.63) is 0 Å². The Labute approximate surface area is 101 Å². The van der Waals surface area contributed by atoms with E-state index in [1.54, 1.807) is 0 Å². The van der Waals surface area contributed by atoms with Gasteiger partial charge < -0.3 is 15.8 Å². The minimum atomic E-state index is -0.737. The van der Waals surface area contributed by atoms with Gasteiger partial charge >= 0.3 is 6.09 Å². The van der Waals surface area contributed by atoms with E-state index in [4.69, 9.17) is 16.9 Å². The topological polar surface area (TPSA) is 81.4 Å². The third kappa shape index (κ3) is 4.77. The minimum Gasteiger partial charge on any atom is -0.449 e. The molecule has 2 amide bonds. The van der Waals surface area contributed by atoms with Gasteiger partial charge in [0.25, 0.3) is 0 Å². The van der Waals surface area contributed by atoms with Crippen molar-refractivity contribution >= 4 is 12.0 Å². The maximum Gasteiger partial charge on any atom is 0.404 e. The Morgan fingerprint density at radius 2 is 2.00 bits per heavy atom. The van der Waals surface area contributed by atoms with Crippen LogP contribution in [0.25, 0.3) is 0 Å². The van der Waals surface area contributed by atoms with Crippen LogP contribution < -0.4 is 11.1 Å². The molecule has 0 radical (unpaired) electrons. The summed E-state index contributed by atoms with van der Waals surface area (Å²) in [5, 5.41) is 2.69. The van der Waals surface area contributed by atoms with Crippen LogP contribution in [0.5, 0.6) is 0 Å². The first-order valence-electron chi connectivity index (χ1n) is 5.77. The van der Waals surface area contributed by atoms with Gasteiger partial charge in [-0.2, -0.15) is 0 Å². The highest BCUT2D eigenvalue weighted by Crippen LogP contribution is 2.28. The molecule has 0 spiro atoms. The van der Waals surface area contributed by atoms with Gasteiger partial charge in [0.2, 0.25) is 5.91 Å². The number of hydrogen-bond donors (Lipinski definition) is 2. The minimum absolute atomic E-state index is 0.0252. The summed E-state index contributed by atoms with van der Waals surface area (Å²) in [4.78, 5) is 22.1. The number of rotatable bonds is 4. The number of nitrogens with one attached hydrogen (secondary N) is 1. The summed E-state index contributed by atoms with van der Waals surface area (Å²) in [5.74, 6) is 2.76. The summed E-state index contributed by atoms with van der Waals surface area (Å²) in [6, 6.07) is 0. The van der Waals surface area contributed by atoms with Gasteiger partial charge in [-0.05, 0) is 31.6 Å². The number of carbonyl (C=O) groups excluding carboxylic acids is 2. The lowest BCUT2D eigenvalue weighted by Gasteiger charge is -2.26. The number of terminal acetylenes is 1. The lowest BCUT2D eigenvalue weighted by atomic mass is 9.82. The van der Waals surface area contributed by atoms with E-state index < -0.39 is 6.09 Å². The average Bonchev–Trinajstić information content (AvgIpc) is 2.34. The van der Waals surface area contributed by atoms with Crippen molar-refractivity contribution in [3.8, 4) is 12.3 Å². The largest absolute Gasteiger partial charge is 0.449 e. The van der Waals surface area contributed by atoms with Crippen molar-refractivity contribution in [1.29, 1.82) is 0 Å². The number of primary amides is 1. The fourth-order valence-corrected chi connectivity index (χ4v) is 2.07. The van der Waals surface area contributed by atoms with E-state index in [1.807, 2.05) is 0 Å². The molecule has 5 heteroatoms. The highest BCUT2D eigenvalue weighted by atomic mass is 16.5. The van der Waals surface area contributed by atoms with Crippen molar-refractivity contribution in [2.24, 2.45) is 17.6 Å². The molecule has 0 aromatic carbocycles. The molecule has 0 aromatic rings. The molecule has 1 fully saturated rings. The van der Waals surface area contributed by atoms with E-state index >= 15 is 0 Å². The third-order valence-electron chi connectivity index (χ3n) is 3.04. The SMILES string of the molecule is C#CCNC(=O)C1CCC(COC(N)=O)CC1. The van der Waals surface area contributed by atoms with E-state index in [-0.39, 0.29) is 18.4 Å². The van der Waals surface area contributed by atoms with Gasteiger partial charge in [0.05, 0.1) is 13.2 Å². The van der Waals surface area contributed by atoms with Crippen LogP contribution in [0.3, 0.4) is 0 Å². The van der Waals surface area contributed by atoms with E-state index in [1.165, 1.54) is 0 Å². The van der Waals surface area contributed by atoms with Crippen molar-refractivity contribution < 1.29 is 14.3 Å². The van der Waals surface area contributed by atoms with Crippen LogP contribution in [0, 0.1) is 24.2 Å². The van der Waals surface area contributed by atoms with E-state index in [0.717, 1.165) is 25.7 Å². The lowest BCUT2D eigenvalue weighted by Crippen LogP contribution is -2.34. The second-order valence-electron chi connectivity index (χ2n) is 4.27. The Bertz CT molecular complexity index is 314. The molecule has 17 heavy (non-hydrogen) atoms. The molecule has 1 saturated carbocycles. The van der Waals surface area contributed by atoms with Gasteiger partial charge in [-0.3, -0.25) is 4.79 Å². The zero-order chi connectivity index (χ0) is 12.7. The monoisotopic (exact) mass is 238 g/mol. The molecule has 94 valence electrons. The van der Waals surface area contributed by atoms with Crippen molar-refractivity contribution in [2.75, 3.05) is 13.2 Å². The normalized spacial score (nSPS) is 23.5. The van der Waals surface area contributed by atoms with Crippen LogP contribution in [0.1, 0.15) is 25.7 Å². The molecular weight excluding hydrogens is 220 g/mol. The first kappa shape index (κ1) is 13.4. The quantitative estimate of drug-likeness (QED) is 0.705. The maximum absolute atomic E-state index is 11.6. The molecule has 1 aliphatic carbocycles. The predicted octanol–water partition coefficient (Wildman–Crippen LogP) is 0.637. The molecular formula is C12H18N2O3. The molecule has 0 atom stereocenters. The Balaban J connectivity index is 2.23. The van der Waals surface area contributed by atoms with Gasteiger partial charge in [-0.15, -0.1) is 6.42 Å². The van der Waals surface area contributed by atoms with Gasteiger partial charge in [0.1, 0.15) is 0 Å². The molecule has 0 saturated heterocycles. The first-order chi connectivity index (χ1) is 8.13. The van der Waals surface area contributed by atoms with Crippen LogP contribution in [-0.2, 0) is 9.53 Å². The maximum atomic E-state index is 11.6. The molecule has 1 rings (SSSR count). The first-order valence-corrected chi connectivity index (χ1v) is 5.77. The van der Waals surface area contributed by atoms with Gasteiger partial charge in [0, 0.05) is 5.92 Å². The summed E-state index contributed by atoms with van der Waals surface area (Å²) >= 11 is 0. The van der Waals surface area contributed by atoms with E-state index in [9.17, 15) is 9.59 Å². The molecule has 3 N–H and O–H groups in total. The predicted molar refractivity (Wildman–Crippen MR) is 62.8 cm³/mol. The van der Waals surface area contributed by atoms with Gasteiger partial charge in [-0.1, -0.05) is 5.92 Å². The molecule has 0 heterocycles. The molecule has 0 aromatic heterocycles. The third-order valence-corrected chi connectivity index (χ3v) is 3.04. The fraction of sp³-hybridized carbons (Fsp3) is 0.667. The number of nitrogens with two attached hydrogens (primary N) is 1. The second kappa shape index (κ2) is 6.79. The Morgan fingerprint density at radius 1 is 1.35 bits per heavy atom. The fourth-order valence-electron chi connectivity index (χ4n) is 2.07. The molecule has 5 nitrogen and oxygen atoms in total.